The molecule has 7 nitrogen and oxygen atoms in total. The van der Waals surface area contributed by atoms with Gasteiger partial charge in [0.05, 0.1) is 13.2 Å². The molecule has 288 valence electrons. The monoisotopic (exact) mass is 695 g/mol. The van der Waals surface area contributed by atoms with Crippen LogP contribution in [0.1, 0.15) is 194 Å². The Morgan fingerprint density at radius 1 is 0.429 bits per heavy atom. The van der Waals surface area contributed by atoms with Crippen LogP contribution in [0.5, 0.6) is 0 Å². The Balaban J connectivity index is 3.52. The fourth-order valence-electron chi connectivity index (χ4n) is 5.64. The zero-order valence-electron chi connectivity index (χ0n) is 32.0. The molecule has 0 saturated heterocycles. The molecule has 0 aliphatic heterocycles. The minimum Gasteiger partial charge on any atom is -0.463 e. The van der Waals surface area contributed by atoms with E-state index in [-0.39, 0.29) is 38.4 Å². The topological polar surface area (TPSA) is 102 Å². The first-order chi connectivity index (χ1) is 24.0. The van der Waals surface area contributed by atoms with E-state index in [1.807, 2.05) is 0 Å². The fraction of sp³-hybridized carbons (Fsp3) is 0.857. The second kappa shape index (κ2) is 39.1. The molecule has 0 aromatic carbocycles. The molecule has 2 N–H and O–H groups in total. The van der Waals surface area contributed by atoms with Gasteiger partial charge in [0, 0.05) is 12.8 Å². The largest absolute Gasteiger partial charge is 0.463 e. The number of carbonyl (C=O) groups is 2. The van der Waals surface area contributed by atoms with Crippen LogP contribution in [0, 0.1) is 0 Å². The normalized spacial score (nSPS) is 13.0. The molecule has 49 heavy (non-hydrogen) atoms. The van der Waals surface area contributed by atoms with Gasteiger partial charge in [-0.05, 0) is 64.2 Å². The predicted octanol–water partition coefficient (Wildman–Crippen LogP) is 10.9. The van der Waals surface area contributed by atoms with Crippen LogP contribution in [0.2, 0.25) is 0 Å². The number of allylic oxidation sites excluding steroid dienone is 4. The minimum absolute atomic E-state index is 0.0688. The summed E-state index contributed by atoms with van der Waals surface area (Å²) in [5.74, 6) is -0.621. The molecule has 0 aliphatic carbocycles. The molecule has 0 aliphatic rings. The van der Waals surface area contributed by atoms with Crippen molar-refractivity contribution >= 4 is 11.9 Å². The van der Waals surface area contributed by atoms with E-state index < -0.39 is 12.2 Å². The molecule has 0 aromatic rings. The van der Waals surface area contributed by atoms with Gasteiger partial charge in [-0.1, -0.05) is 141 Å². The van der Waals surface area contributed by atoms with E-state index in [0.29, 0.717) is 12.8 Å². The molecular formula is C42H78O7. The molecule has 0 spiro atoms. The van der Waals surface area contributed by atoms with E-state index in [4.69, 9.17) is 14.2 Å². The van der Waals surface area contributed by atoms with Gasteiger partial charge < -0.3 is 24.4 Å². The van der Waals surface area contributed by atoms with Crippen LogP contribution < -0.4 is 0 Å². The minimum atomic E-state index is -0.964. The third-order valence-electron chi connectivity index (χ3n) is 8.78. The number of hydrogen-bond acceptors (Lipinski definition) is 7. The number of esters is 2. The van der Waals surface area contributed by atoms with Gasteiger partial charge in [-0.2, -0.15) is 0 Å². The number of aliphatic hydroxyl groups is 2. The van der Waals surface area contributed by atoms with Crippen molar-refractivity contribution in [3.63, 3.8) is 0 Å². The maximum Gasteiger partial charge on any atom is 0.305 e. The van der Waals surface area contributed by atoms with Gasteiger partial charge in [-0.15, -0.1) is 0 Å². The zero-order valence-corrected chi connectivity index (χ0v) is 32.0. The van der Waals surface area contributed by atoms with E-state index in [1.54, 1.807) is 0 Å². The smallest absolute Gasteiger partial charge is 0.305 e. The first-order valence-corrected chi connectivity index (χ1v) is 20.5. The third-order valence-corrected chi connectivity index (χ3v) is 8.78. The maximum atomic E-state index is 12.0. The summed E-state index contributed by atoms with van der Waals surface area (Å²) in [6, 6.07) is 0. The van der Waals surface area contributed by atoms with Crippen molar-refractivity contribution in [3.8, 4) is 0 Å². The van der Waals surface area contributed by atoms with Crippen LogP contribution in [-0.2, 0) is 23.8 Å². The predicted molar refractivity (Wildman–Crippen MR) is 204 cm³/mol. The van der Waals surface area contributed by atoms with E-state index in [1.165, 1.54) is 116 Å². The Morgan fingerprint density at radius 2 is 0.714 bits per heavy atom. The summed E-state index contributed by atoms with van der Waals surface area (Å²) in [5.41, 5.74) is 0. The number of ether oxygens (including phenoxy) is 3. The van der Waals surface area contributed by atoms with Gasteiger partial charge in [-0.25, -0.2) is 0 Å². The summed E-state index contributed by atoms with van der Waals surface area (Å²) >= 11 is 0. The number of carbonyl (C=O) groups excluding carboxylic acids is 2. The first-order valence-electron chi connectivity index (χ1n) is 20.5. The number of aliphatic hydroxyl groups excluding tert-OH is 2. The SMILES string of the molecule is CCCCCCCC/C=C/CCCCCCCC(=O)OCC(O)COCC(O)COC(=O)CCCCCCC/C=C/CCCCCCCC. The Kier molecular flexibility index (Phi) is 37.7. The van der Waals surface area contributed by atoms with Crippen molar-refractivity contribution in [2.24, 2.45) is 0 Å². The molecular weight excluding hydrogens is 616 g/mol. The van der Waals surface area contributed by atoms with Crippen molar-refractivity contribution in [2.75, 3.05) is 26.4 Å². The quantitative estimate of drug-likeness (QED) is 0.0377. The summed E-state index contributed by atoms with van der Waals surface area (Å²) < 4.78 is 15.6. The molecule has 0 rings (SSSR count). The third kappa shape index (κ3) is 38.9. The van der Waals surface area contributed by atoms with Crippen molar-refractivity contribution in [2.45, 2.75) is 206 Å². The molecule has 0 aromatic heterocycles. The van der Waals surface area contributed by atoms with E-state index in [0.717, 1.165) is 51.4 Å². The van der Waals surface area contributed by atoms with Crippen LogP contribution in [0.3, 0.4) is 0 Å². The molecule has 2 unspecified atom stereocenters. The highest BCUT2D eigenvalue weighted by Crippen LogP contribution is 2.12. The van der Waals surface area contributed by atoms with Gasteiger partial charge in [0.25, 0.3) is 0 Å². The summed E-state index contributed by atoms with van der Waals surface area (Å²) in [4.78, 5) is 23.9. The highest BCUT2D eigenvalue weighted by molar-refractivity contribution is 5.69. The zero-order chi connectivity index (χ0) is 35.9. The van der Waals surface area contributed by atoms with Crippen molar-refractivity contribution in [1.29, 1.82) is 0 Å². The van der Waals surface area contributed by atoms with Crippen molar-refractivity contribution in [3.05, 3.63) is 24.3 Å². The maximum absolute atomic E-state index is 12.0. The summed E-state index contributed by atoms with van der Waals surface area (Å²) in [5, 5.41) is 20.0. The van der Waals surface area contributed by atoms with E-state index >= 15 is 0 Å². The van der Waals surface area contributed by atoms with Crippen LogP contribution in [0.15, 0.2) is 24.3 Å². The van der Waals surface area contributed by atoms with Crippen LogP contribution in [0.25, 0.3) is 0 Å². The fourth-order valence-corrected chi connectivity index (χ4v) is 5.64. The van der Waals surface area contributed by atoms with Crippen LogP contribution in [-0.4, -0.2) is 60.8 Å². The Hall–Kier alpha value is -1.70. The molecule has 2 atom stereocenters. The van der Waals surface area contributed by atoms with Crippen molar-refractivity contribution in [1.82, 2.24) is 0 Å². The van der Waals surface area contributed by atoms with E-state index in [2.05, 4.69) is 38.2 Å². The molecule has 0 amide bonds. The average Bonchev–Trinajstić information content (AvgIpc) is 3.09. The highest BCUT2D eigenvalue weighted by atomic mass is 16.6. The second-order valence-electron chi connectivity index (χ2n) is 13.9. The van der Waals surface area contributed by atoms with Gasteiger partial charge in [0.15, 0.2) is 0 Å². The molecule has 0 fully saturated rings. The number of rotatable bonds is 38. The van der Waals surface area contributed by atoms with Gasteiger partial charge in [-0.3, -0.25) is 9.59 Å². The summed E-state index contributed by atoms with van der Waals surface area (Å²) in [7, 11) is 0. The average molecular weight is 695 g/mol. The standard InChI is InChI=1S/C42H78O7/c1-3-5-7-9-11-13-15-17-19-21-23-25-27-29-31-33-41(45)48-37-39(43)35-47-36-40(44)38-49-42(46)34-32-30-28-26-24-22-20-18-16-14-12-10-8-6-4-2/h17-20,39-40,43-44H,3-16,21-38H2,1-2H3/b19-17+,20-18+. The lowest BCUT2D eigenvalue weighted by Crippen LogP contribution is -2.28. The molecule has 0 saturated carbocycles. The van der Waals surface area contributed by atoms with Gasteiger partial charge in [0.2, 0.25) is 0 Å². The van der Waals surface area contributed by atoms with Crippen molar-refractivity contribution < 1.29 is 34.0 Å². The van der Waals surface area contributed by atoms with Crippen LogP contribution >= 0.6 is 0 Å². The second-order valence-corrected chi connectivity index (χ2v) is 13.9. The van der Waals surface area contributed by atoms with Gasteiger partial charge in [0.1, 0.15) is 25.4 Å². The Bertz CT molecular complexity index is 704. The Labute approximate surface area is 302 Å². The lowest BCUT2D eigenvalue weighted by molar-refractivity contribution is -0.149. The lowest BCUT2D eigenvalue weighted by Gasteiger charge is -2.15. The number of unbranched alkanes of at least 4 members (excludes halogenated alkanes) is 22. The first kappa shape index (κ1) is 47.3. The highest BCUT2D eigenvalue weighted by Gasteiger charge is 2.13. The van der Waals surface area contributed by atoms with E-state index in [9.17, 15) is 19.8 Å². The van der Waals surface area contributed by atoms with Gasteiger partial charge >= 0.3 is 11.9 Å². The molecule has 0 bridgehead atoms. The summed E-state index contributed by atoms with van der Waals surface area (Å²) in [6.07, 6.45) is 39.4. The van der Waals surface area contributed by atoms with Crippen LogP contribution in [0.4, 0.5) is 0 Å². The number of hydrogen-bond donors (Lipinski definition) is 2. The lowest BCUT2D eigenvalue weighted by atomic mass is 10.1. The summed E-state index contributed by atoms with van der Waals surface area (Å²) in [6.45, 7) is 4.10. The molecule has 0 heterocycles. The molecule has 7 heteroatoms. The molecule has 0 radical (unpaired) electrons. The Morgan fingerprint density at radius 3 is 1.04 bits per heavy atom.